The molecule has 0 saturated heterocycles. The highest BCUT2D eigenvalue weighted by Crippen LogP contribution is 2.44. The molecule has 0 aromatic heterocycles. The van der Waals surface area contributed by atoms with E-state index in [0.717, 1.165) is 0 Å². The first-order valence-electron chi connectivity index (χ1n) is 17.8. The van der Waals surface area contributed by atoms with Gasteiger partial charge in [-0.1, -0.05) is 20.8 Å². The summed E-state index contributed by atoms with van der Waals surface area (Å²) in [5.74, 6) is -10.5. The molecule has 1 aliphatic carbocycles. The quantitative estimate of drug-likeness (QED) is 0.0234. The van der Waals surface area contributed by atoms with Crippen molar-refractivity contribution in [2.45, 2.75) is 115 Å². The largest absolute Gasteiger partial charge is 0.481 e. The van der Waals surface area contributed by atoms with Gasteiger partial charge >= 0.3 is 11.9 Å². The van der Waals surface area contributed by atoms with Crippen molar-refractivity contribution in [1.82, 2.24) is 26.6 Å². The molecule has 1 fully saturated rings. The van der Waals surface area contributed by atoms with Crippen LogP contribution in [0.3, 0.4) is 0 Å². The number of Topliss-reactive ketones (excluding diaryl/α,β-unsaturated/α-hetero) is 1. The predicted octanol–water partition coefficient (Wildman–Crippen LogP) is -5.01. The smallest absolute Gasteiger partial charge is 0.326 e. The van der Waals surface area contributed by atoms with E-state index >= 15 is 0 Å². The number of aliphatic imine (C=N–C) groups is 1. The summed E-state index contributed by atoms with van der Waals surface area (Å²) in [5, 5.41) is 60.0. The first-order chi connectivity index (χ1) is 25.5. The summed E-state index contributed by atoms with van der Waals surface area (Å²) in [4.78, 5) is 105. The third-order valence-electron chi connectivity index (χ3n) is 8.94. The number of nitrogens with two attached hydrogens (primary N) is 3. The van der Waals surface area contributed by atoms with Crippen molar-refractivity contribution in [2.24, 2.45) is 45.9 Å². The Morgan fingerprint density at radius 2 is 1.27 bits per heavy atom. The highest BCUT2D eigenvalue weighted by molar-refractivity contribution is 5.97. The Morgan fingerprint density at radius 1 is 0.727 bits per heavy atom. The highest BCUT2D eigenvalue weighted by atomic mass is 16.4. The van der Waals surface area contributed by atoms with Gasteiger partial charge in [0, 0.05) is 18.4 Å². The fraction of sp³-hybridized carbons (Fsp3) is 0.727. The van der Waals surface area contributed by atoms with Crippen LogP contribution < -0.4 is 43.8 Å². The van der Waals surface area contributed by atoms with Gasteiger partial charge in [0.15, 0.2) is 11.7 Å². The van der Waals surface area contributed by atoms with Gasteiger partial charge in [0.05, 0.1) is 25.2 Å². The second-order valence-electron chi connectivity index (χ2n) is 14.1. The zero-order valence-electron chi connectivity index (χ0n) is 31.6. The van der Waals surface area contributed by atoms with Crippen LogP contribution in [0, 0.1) is 23.7 Å². The Morgan fingerprint density at radius 3 is 1.76 bits per heavy atom. The molecule has 0 aromatic rings. The number of nitrogens with zero attached hydrogens (tertiary/aromatic N) is 1. The molecule has 55 heavy (non-hydrogen) atoms. The summed E-state index contributed by atoms with van der Waals surface area (Å²) in [7, 11) is 0. The molecular formula is C33H57N9O13. The molecule has 0 heterocycles. The molecule has 10 unspecified atom stereocenters. The lowest BCUT2D eigenvalue weighted by Gasteiger charge is -2.28. The number of nitrogens with one attached hydrogen (secondary N) is 5. The van der Waals surface area contributed by atoms with Crippen molar-refractivity contribution in [2.75, 3.05) is 13.2 Å². The normalized spacial score (nSPS) is 19.7. The van der Waals surface area contributed by atoms with Gasteiger partial charge in [-0.2, -0.15) is 0 Å². The number of guanidine groups is 1. The predicted molar refractivity (Wildman–Crippen MR) is 193 cm³/mol. The second-order valence-corrected chi connectivity index (χ2v) is 14.1. The number of aliphatic hydroxyl groups excluding tert-OH is 3. The summed E-state index contributed by atoms with van der Waals surface area (Å²) in [6.07, 6.45) is -3.15. The fourth-order valence-corrected chi connectivity index (χ4v) is 5.53. The Kier molecular flexibility index (Phi) is 19.6. The van der Waals surface area contributed by atoms with Crippen molar-refractivity contribution >= 4 is 53.2 Å². The maximum Gasteiger partial charge on any atom is 0.326 e. The first-order valence-corrected chi connectivity index (χ1v) is 17.8. The van der Waals surface area contributed by atoms with Crippen molar-refractivity contribution in [3.05, 3.63) is 0 Å². The first kappa shape index (κ1) is 48.1. The van der Waals surface area contributed by atoms with Crippen molar-refractivity contribution in [3.8, 4) is 0 Å². The van der Waals surface area contributed by atoms with E-state index in [1.54, 1.807) is 13.8 Å². The van der Waals surface area contributed by atoms with Crippen LogP contribution >= 0.6 is 0 Å². The molecule has 22 nitrogen and oxygen atoms in total. The Bertz CT molecular complexity index is 1420. The lowest BCUT2D eigenvalue weighted by Crippen LogP contribution is -2.61. The molecule has 0 bridgehead atoms. The summed E-state index contributed by atoms with van der Waals surface area (Å²) in [5.41, 5.74) is 16.4. The Labute approximate surface area is 317 Å². The SMILES string of the molecule is CC(C[C@H]1CC1C(=O)C(CO)NC(=O)C(NC(=O)C(CCCN=C(N)N)NC(=O)C(NC(=O)C(N)C(C)O)C(C)C)C(C)O)C(=O)NC(CC(=O)O)C(=O)O. The van der Waals surface area contributed by atoms with Gasteiger partial charge < -0.3 is 69.3 Å². The van der Waals surface area contributed by atoms with Gasteiger partial charge in [-0.3, -0.25) is 38.6 Å². The van der Waals surface area contributed by atoms with Crippen LogP contribution in [0.5, 0.6) is 0 Å². The number of hydrogen-bond acceptors (Lipinski definition) is 13. The molecule has 0 radical (unpaired) electrons. The maximum atomic E-state index is 13.5. The van der Waals surface area contributed by atoms with E-state index < -0.39 is 126 Å². The number of carboxylic acid groups (broad SMARTS) is 2. The number of aliphatic hydroxyl groups is 3. The minimum absolute atomic E-state index is 0.0510. The number of aliphatic carboxylic acids is 2. The summed E-state index contributed by atoms with van der Waals surface area (Å²) in [6, 6.07) is -8.74. The van der Waals surface area contributed by atoms with E-state index in [2.05, 4.69) is 31.6 Å². The number of carboxylic acids is 2. The summed E-state index contributed by atoms with van der Waals surface area (Å²) in [6.45, 7) is 6.36. The summed E-state index contributed by atoms with van der Waals surface area (Å²) >= 11 is 0. The molecule has 0 spiro atoms. The zero-order valence-corrected chi connectivity index (χ0v) is 31.6. The van der Waals surface area contributed by atoms with E-state index in [1.807, 2.05) is 0 Å². The van der Waals surface area contributed by atoms with Gasteiger partial charge in [0.25, 0.3) is 0 Å². The number of amides is 5. The van der Waals surface area contributed by atoms with Crippen LogP contribution in [0.25, 0.3) is 0 Å². The Balaban J connectivity index is 3.05. The van der Waals surface area contributed by atoms with E-state index in [4.69, 9.17) is 22.3 Å². The molecular weight excluding hydrogens is 730 g/mol. The molecule has 11 atom stereocenters. The van der Waals surface area contributed by atoms with Crippen LogP contribution in [0.2, 0.25) is 0 Å². The molecule has 1 aliphatic rings. The number of carbonyl (C=O) groups is 8. The van der Waals surface area contributed by atoms with E-state index in [1.165, 1.54) is 20.8 Å². The summed E-state index contributed by atoms with van der Waals surface area (Å²) < 4.78 is 0. The standard InChI is InChI=1S/C33H57N9O13/c1-13(2)24(41-29(51)23(34)15(4)44)30(52)38-19(7-6-8-37-33(35)36)28(50)42-25(16(5)45)31(53)40-21(12-43)26(48)18-10-17(18)9-14(3)27(49)39-20(32(54)55)11-22(46)47/h13-21,23-25,43-45H,6-12,34H2,1-5H3,(H,38,52)(H,39,49)(H,40,53)(H,41,51)(H,42,50)(H,46,47)(H,54,55)(H4,35,36,37)/t14?,15?,16?,17-,18?,19?,20?,21?,23?,24?,25?/m0/s1. The van der Waals surface area contributed by atoms with E-state index in [0.29, 0.717) is 0 Å². The molecule has 22 heteroatoms. The van der Waals surface area contributed by atoms with Gasteiger partial charge in [0.1, 0.15) is 36.3 Å². The fourth-order valence-electron chi connectivity index (χ4n) is 5.53. The third-order valence-corrected chi connectivity index (χ3v) is 8.94. The molecule has 312 valence electrons. The van der Waals surface area contributed by atoms with Crippen LogP contribution in [-0.4, -0.2) is 140 Å². The lowest BCUT2D eigenvalue weighted by atomic mass is 9.99. The molecule has 0 aromatic carbocycles. The third kappa shape index (κ3) is 16.1. The van der Waals surface area contributed by atoms with Gasteiger partial charge in [-0.15, -0.1) is 0 Å². The van der Waals surface area contributed by atoms with Gasteiger partial charge in [-0.05, 0) is 51.4 Å². The van der Waals surface area contributed by atoms with Crippen LogP contribution in [0.15, 0.2) is 4.99 Å². The average Bonchev–Trinajstić information content (AvgIpc) is 3.86. The average molecular weight is 788 g/mol. The van der Waals surface area contributed by atoms with Gasteiger partial charge in [0.2, 0.25) is 29.5 Å². The molecule has 16 N–H and O–H groups in total. The number of hydrogen-bond donors (Lipinski definition) is 13. The monoisotopic (exact) mass is 787 g/mol. The number of rotatable bonds is 25. The van der Waals surface area contributed by atoms with Crippen molar-refractivity contribution in [3.63, 3.8) is 0 Å². The minimum atomic E-state index is -1.69. The van der Waals surface area contributed by atoms with Crippen molar-refractivity contribution < 1.29 is 63.9 Å². The van der Waals surface area contributed by atoms with Crippen molar-refractivity contribution in [1.29, 1.82) is 0 Å². The van der Waals surface area contributed by atoms with Gasteiger partial charge in [-0.25, -0.2) is 4.79 Å². The topological polar surface area (TPSA) is 388 Å². The zero-order chi connectivity index (χ0) is 42.3. The van der Waals surface area contributed by atoms with Crippen LogP contribution in [-0.2, 0) is 38.4 Å². The maximum absolute atomic E-state index is 13.5. The number of carbonyl (C=O) groups excluding carboxylic acids is 6. The van der Waals surface area contributed by atoms with Crippen LogP contribution in [0.4, 0.5) is 0 Å². The molecule has 5 amide bonds. The number of ketones is 1. The lowest BCUT2D eigenvalue weighted by molar-refractivity contribution is -0.147. The molecule has 1 saturated carbocycles. The van der Waals surface area contributed by atoms with E-state index in [-0.39, 0.29) is 44.1 Å². The minimum Gasteiger partial charge on any atom is -0.481 e. The Hall–Kier alpha value is -4.93. The molecule has 0 aliphatic heterocycles. The highest BCUT2D eigenvalue weighted by Gasteiger charge is 2.47. The van der Waals surface area contributed by atoms with Crippen LogP contribution in [0.1, 0.15) is 66.7 Å². The van der Waals surface area contributed by atoms with E-state index in [9.17, 15) is 58.8 Å². The second kappa shape index (κ2) is 22.4. The molecule has 1 rings (SSSR count).